The lowest BCUT2D eigenvalue weighted by Crippen LogP contribution is -2.58. The van der Waals surface area contributed by atoms with E-state index in [1.54, 1.807) is 0 Å². The molecule has 11 heteroatoms. The molecule has 0 aromatic carbocycles. The quantitative estimate of drug-likeness (QED) is 0.398. The molecule has 11 nitrogen and oxygen atoms in total. The first-order valence-electron chi connectivity index (χ1n) is 9.04. The minimum Gasteiger partial charge on any atom is -0.462 e. The molecule has 1 N–H and O–H groups in total. The highest BCUT2D eigenvalue weighted by Crippen LogP contribution is 2.28. The fraction of sp³-hybridized carbons (Fsp3) is 0.722. The molecule has 0 aliphatic carbocycles. The number of nitrogens with zero attached hydrogens (tertiary/aromatic N) is 1. The number of esters is 4. The highest BCUT2D eigenvalue weighted by molar-refractivity contribution is 5.74. The number of hydrogen-bond acceptors (Lipinski definition) is 10. The summed E-state index contributed by atoms with van der Waals surface area (Å²) in [4.78, 5) is 59.6. The number of likely N-dealkylation sites (tertiary alicyclic amines) is 1. The summed E-state index contributed by atoms with van der Waals surface area (Å²) in [5.74, 6) is -3.41. The van der Waals surface area contributed by atoms with E-state index in [0.717, 1.165) is 27.7 Å². The second kappa shape index (κ2) is 10.7. The van der Waals surface area contributed by atoms with Crippen LogP contribution in [0.5, 0.6) is 0 Å². The van der Waals surface area contributed by atoms with Gasteiger partial charge in [-0.25, -0.2) is 0 Å². The fourth-order valence-electron chi connectivity index (χ4n) is 3.24. The summed E-state index contributed by atoms with van der Waals surface area (Å²) in [6.07, 6.45) is -5.05. The maximum absolute atomic E-state index is 12.0. The first-order chi connectivity index (χ1) is 13.4. The molecule has 0 radical (unpaired) electrons. The van der Waals surface area contributed by atoms with Crippen molar-refractivity contribution in [2.75, 3.05) is 13.2 Å². The van der Waals surface area contributed by atoms with Crippen molar-refractivity contribution in [3.05, 3.63) is 0 Å². The molecule has 1 aliphatic rings. The van der Waals surface area contributed by atoms with Gasteiger partial charge in [0.1, 0.15) is 6.61 Å². The summed E-state index contributed by atoms with van der Waals surface area (Å²) in [5, 5.41) is 10.4. The van der Waals surface area contributed by atoms with Crippen LogP contribution in [-0.2, 0) is 42.9 Å². The molecule has 1 fully saturated rings. The molecule has 5 atom stereocenters. The van der Waals surface area contributed by atoms with Gasteiger partial charge in [0.15, 0.2) is 18.3 Å². The maximum atomic E-state index is 12.0. The molecular weight excluding hydrogens is 390 g/mol. The van der Waals surface area contributed by atoms with Crippen molar-refractivity contribution in [1.82, 2.24) is 4.90 Å². The first kappa shape index (κ1) is 24.3. The number of aliphatic hydroxyl groups is 1. The summed E-state index contributed by atoms with van der Waals surface area (Å²) in [6.45, 7) is 5.39. The second-order valence-electron chi connectivity index (χ2n) is 6.66. The average molecular weight is 417 g/mol. The Morgan fingerprint density at radius 3 is 1.90 bits per heavy atom. The normalized spacial score (nSPS) is 21.5. The number of amides is 1. The Labute approximate surface area is 168 Å². The van der Waals surface area contributed by atoms with Crippen LogP contribution in [-0.4, -0.2) is 83.4 Å². The van der Waals surface area contributed by atoms with Gasteiger partial charge in [-0.2, -0.15) is 0 Å². The molecule has 0 spiro atoms. The molecule has 1 amide bonds. The van der Waals surface area contributed by atoms with Crippen molar-refractivity contribution in [3.63, 3.8) is 0 Å². The van der Waals surface area contributed by atoms with E-state index in [9.17, 15) is 29.1 Å². The number of hydrogen-bond donors (Lipinski definition) is 1. The Kier molecular flexibility index (Phi) is 9.02. The predicted molar refractivity (Wildman–Crippen MR) is 95.1 cm³/mol. The van der Waals surface area contributed by atoms with E-state index in [-0.39, 0.29) is 13.0 Å². The summed E-state index contributed by atoms with van der Waals surface area (Å²) < 4.78 is 20.6. The van der Waals surface area contributed by atoms with E-state index in [1.807, 2.05) is 0 Å². The van der Waals surface area contributed by atoms with E-state index < -0.39 is 66.8 Å². The lowest BCUT2D eigenvalue weighted by molar-refractivity contribution is -0.197. The largest absolute Gasteiger partial charge is 0.462 e. The van der Waals surface area contributed by atoms with Gasteiger partial charge >= 0.3 is 23.9 Å². The molecule has 0 aromatic rings. The summed E-state index contributed by atoms with van der Waals surface area (Å²) >= 11 is 0. The van der Waals surface area contributed by atoms with Gasteiger partial charge in [-0.05, 0) is 6.42 Å². The summed E-state index contributed by atoms with van der Waals surface area (Å²) in [6, 6.07) is -1.06. The second-order valence-corrected chi connectivity index (χ2v) is 6.66. The SMILES string of the molecule is CC(=O)OC[C@H](OC(C)=O)[C@@H](OC(C)=O)[C@H](OC(C)=O)[C@H]1[C@H](O)CCN1C(C)=O. The Morgan fingerprint density at radius 1 is 0.897 bits per heavy atom. The van der Waals surface area contributed by atoms with E-state index >= 15 is 0 Å². The lowest BCUT2D eigenvalue weighted by Gasteiger charge is -2.38. The van der Waals surface area contributed by atoms with Gasteiger partial charge in [0, 0.05) is 41.2 Å². The van der Waals surface area contributed by atoms with Crippen LogP contribution in [0.2, 0.25) is 0 Å². The zero-order valence-corrected chi connectivity index (χ0v) is 17.1. The Morgan fingerprint density at radius 2 is 1.45 bits per heavy atom. The van der Waals surface area contributed by atoms with Crippen molar-refractivity contribution in [2.24, 2.45) is 0 Å². The zero-order chi connectivity index (χ0) is 22.3. The number of ether oxygens (including phenoxy) is 4. The molecular formula is C18H27NO10. The number of rotatable bonds is 8. The third-order valence-electron chi connectivity index (χ3n) is 4.22. The van der Waals surface area contributed by atoms with Crippen molar-refractivity contribution in [2.45, 2.75) is 71.5 Å². The van der Waals surface area contributed by atoms with Crippen molar-refractivity contribution in [3.8, 4) is 0 Å². The van der Waals surface area contributed by atoms with Gasteiger partial charge in [-0.15, -0.1) is 0 Å². The summed E-state index contributed by atoms with van der Waals surface area (Å²) in [5.41, 5.74) is 0. The number of carbonyl (C=O) groups is 5. The van der Waals surface area contributed by atoms with Crippen molar-refractivity contribution < 1.29 is 48.0 Å². The Balaban J connectivity index is 3.39. The van der Waals surface area contributed by atoms with E-state index in [4.69, 9.17) is 18.9 Å². The van der Waals surface area contributed by atoms with Crippen LogP contribution in [0.3, 0.4) is 0 Å². The Hall–Kier alpha value is -2.69. The predicted octanol–water partition coefficient (Wildman–Crippen LogP) is -0.674. The van der Waals surface area contributed by atoms with Gasteiger partial charge in [-0.1, -0.05) is 0 Å². The summed E-state index contributed by atoms with van der Waals surface area (Å²) in [7, 11) is 0. The van der Waals surface area contributed by atoms with Crippen LogP contribution >= 0.6 is 0 Å². The van der Waals surface area contributed by atoms with E-state index in [0.29, 0.717) is 0 Å². The maximum Gasteiger partial charge on any atom is 0.303 e. The van der Waals surface area contributed by atoms with E-state index in [2.05, 4.69) is 0 Å². The molecule has 1 saturated heterocycles. The van der Waals surface area contributed by atoms with Crippen LogP contribution in [0, 0.1) is 0 Å². The highest BCUT2D eigenvalue weighted by Gasteiger charge is 2.49. The monoisotopic (exact) mass is 417 g/mol. The van der Waals surface area contributed by atoms with Crippen molar-refractivity contribution >= 4 is 29.8 Å². The van der Waals surface area contributed by atoms with Crippen LogP contribution in [0.4, 0.5) is 0 Å². The number of carbonyl (C=O) groups excluding carboxylic acids is 5. The number of aliphatic hydroxyl groups excluding tert-OH is 1. The van der Waals surface area contributed by atoms with Gasteiger partial charge < -0.3 is 29.0 Å². The molecule has 0 saturated carbocycles. The third kappa shape index (κ3) is 7.33. The smallest absolute Gasteiger partial charge is 0.303 e. The topological polar surface area (TPSA) is 146 Å². The van der Waals surface area contributed by atoms with Gasteiger partial charge in [-0.3, -0.25) is 24.0 Å². The van der Waals surface area contributed by atoms with Crippen molar-refractivity contribution in [1.29, 1.82) is 0 Å². The van der Waals surface area contributed by atoms with Gasteiger partial charge in [0.05, 0.1) is 12.1 Å². The molecule has 164 valence electrons. The molecule has 1 aliphatic heterocycles. The van der Waals surface area contributed by atoms with Crippen LogP contribution < -0.4 is 0 Å². The molecule has 0 aromatic heterocycles. The molecule has 29 heavy (non-hydrogen) atoms. The van der Waals surface area contributed by atoms with E-state index in [1.165, 1.54) is 11.8 Å². The standard InChI is InChI=1S/C18H27NO10/c1-9(20)19-7-6-14(25)16(19)18(29-13(5)24)17(28-12(4)23)15(27-11(3)22)8-26-10(2)21/h14-18,25H,6-8H2,1-5H3/t14-,15+,16-,17-,18-/m1/s1. The molecule has 0 unspecified atom stereocenters. The minimum absolute atomic E-state index is 0.188. The Bertz CT molecular complexity index is 649. The fourth-order valence-corrected chi connectivity index (χ4v) is 3.24. The minimum atomic E-state index is -1.45. The van der Waals surface area contributed by atoms with Gasteiger partial charge in [0.25, 0.3) is 0 Å². The molecule has 0 bridgehead atoms. The molecule has 1 heterocycles. The van der Waals surface area contributed by atoms with Gasteiger partial charge in [0.2, 0.25) is 5.91 Å². The van der Waals surface area contributed by atoms with Crippen LogP contribution in [0.15, 0.2) is 0 Å². The molecule has 1 rings (SSSR count). The highest BCUT2D eigenvalue weighted by atomic mass is 16.6. The first-order valence-corrected chi connectivity index (χ1v) is 9.04. The lowest BCUT2D eigenvalue weighted by atomic mass is 9.96. The average Bonchev–Trinajstić information content (AvgIpc) is 2.95. The van der Waals surface area contributed by atoms with Crippen LogP contribution in [0.25, 0.3) is 0 Å². The zero-order valence-electron chi connectivity index (χ0n) is 17.1. The third-order valence-corrected chi connectivity index (χ3v) is 4.22. The van der Waals surface area contributed by atoms with Crippen LogP contribution in [0.1, 0.15) is 41.0 Å².